The van der Waals surface area contributed by atoms with Crippen LogP contribution in [-0.4, -0.2) is 59.2 Å². The molecule has 2 aliphatic heterocycles. The summed E-state index contributed by atoms with van der Waals surface area (Å²) >= 11 is 8.02. The number of halogens is 2. The van der Waals surface area contributed by atoms with Crippen LogP contribution >= 0.6 is 46.7 Å². The average Bonchev–Trinajstić information content (AvgIpc) is 3.81. The SMILES string of the molecule is CCOC(=O)c1cc2c(s1)-c1ccccc1N(C(=O)c1ccc([N+](=O)[O-])cc1)CC2.CCOC(=O)c1cc2c(s1)-c1ccccc1NCC2.Cl.O=C(Cl)c1ccc([N+](=O)[O-])cc1. The van der Waals surface area contributed by atoms with Gasteiger partial charge in [0.25, 0.3) is 22.5 Å². The number of hydrogen-bond acceptors (Lipinski definition) is 13. The summed E-state index contributed by atoms with van der Waals surface area (Å²) in [4.78, 5) is 72.8. The number of non-ortho nitro benzene ring substituents is 2. The summed E-state index contributed by atoms with van der Waals surface area (Å²) in [5, 5.41) is 23.9. The maximum atomic E-state index is 13.2. The molecular formula is C44H38Cl2N4O10S2. The molecule has 4 aromatic carbocycles. The van der Waals surface area contributed by atoms with Crippen molar-refractivity contribution in [3.63, 3.8) is 0 Å². The van der Waals surface area contributed by atoms with Gasteiger partial charge in [0.05, 0.1) is 28.7 Å². The summed E-state index contributed by atoms with van der Waals surface area (Å²) in [6, 6.07) is 30.3. The van der Waals surface area contributed by atoms with Crippen molar-refractivity contribution in [3.8, 4) is 20.9 Å². The number of ether oxygens (including phenoxy) is 2. The fraction of sp³-hybridized carbons (Fsp3) is 0.182. The first-order valence-electron chi connectivity index (χ1n) is 18.9. The first-order valence-corrected chi connectivity index (χ1v) is 20.9. The Balaban J connectivity index is 0.000000194. The molecule has 2 aromatic heterocycles. The molecule has 0 spiro atoms. The number of nitro benzene ring substituents is 2. The Kier molecular flexibility index (Phi) is 16.1. The number of thiophene rings is 2. The smallest absolute Gasteiger partial charge is 0.348 e. The van der Waals surface area contributed by atoms with Crippen LogP contribution < -0.4 is 10.2 Å². The number of hydrogen-bond donors (Lipinski definition) is 1. The van der Waals surface area contributed by atoms with Gasteiger partial charge >= 0.3 is 11.9 Å². The Hall–Kier alpha value is -6.46. The zero-order valence-electron chi connectivity index (χ0n) is 33.2. The largest absolute Gasteiger partial charge is 0.462 e. The van der Waals surface area contributed by atoms with Crippen LogP contribution in [0, 0.1) is 20.2 Å². The molecule has 0 aliphatic carbocycles. The number of carbonyl (C=O) groups excluding carboxylic acids is 4. The highest BCUT2D eigenvalue weighted by Crippen LogP contribution is 2.42. The minimum atomic E-state index is -0.620. The van der Waals surface area contributed by atoms with E-state index in [-0.39, 0.29) is 47.2 Å². The highest BCUT2D eigenvalue weighted by atomic mass is 35.5. The van der Waals surface area contributed by atoms with Crippen LogP contribution in [0.25, 0.3) is 20.9 Å². The summed E-state index contributed by atoms with van der Waals surface area (Å²) in [6.45, 7) is 5.65. The van der Waals surface area contributed by atoms with Crippen LogP contribution in [0.1, 0.15) is 65.0 Å². The Bertz CT molecular complexity index is 2580. The van der Waals surface area contributed by atoms with E-state index < -0.39 is 15.1 Å². The fourth-order valence-corrected chi connectivity index (χ4v) is 8.93. The highest BCUT2D eigenvalue weighted by Gasteiger charge is 2.28. The lowest BCUT2D eigenvalue weighted by atomic mass is 10.1. The van der Waals surface area contributed by atoms with Gasteiger partial charge in [-0.05, 0) is 97.9 Å². The molecule has 1 amide bonds. The van der Waals surface area contributed by atoms with E-state index in [0.717, 1.165) is 40.3 Å². The second-order valence-corrected chi connectivity index (χ2v) is 15.6. The number of anilines is 2. The fourth-order valence-electron chi connectivity index (χ4n) is 6.52. The van der Waals surface area contributed by atoms with Crippen LogP contribution in [0.4, 0.5) is 22.7 Å². The molecule has 4 heterocycles. The Morgan fingerprint density at radius 2 is 1.18 bits per heavy atom. The maximum absolute atomic E-state index is 13.2. The molecule has 0 saturated heterocycles. The van der Waals surface area contributed by atoms with Gasteiger partial charge in [0, 0.05) is 75.1 Å². The average molecular weight is 918 g/mol. The monoisotopic (exact) mass is 916 g/mol. The zero-order chi connectivity index (χ0) is 43.6. The minimum Gasteiger partial charge on any atom is -0.462 e. The lowest BCUT2D eigenvalue weighted by molar-refractivity contribution is -0.385. The van der Waals surface area contributed by atoms with E-state index in [1.807, 2.05) is 55.5 Å². The van der Waals surface area contributed by atoms with Crippen LogP contribution in [0.5, 0.6) is 0 Å². The lowest BCUT2D eigenvalue weighted by Crippen LogP contribution is -2.32. The number of rotatable bonds is 8. The van der Waals surface area contributed by atoms with Gasteiger partial charge in [-0.15, -0.1) is 35.1 Å². The molecule has 2 aliphatic rings. The van der Waals surface area contributed by atoms with Crippen molar-refractivity contribution in [2.45, 2.75) is 26.7 Å². The van der Waals surface area contributed by atoms with E-state index in [4.69, 9.17) is 21.1 Å². The third-order valence-electron chi connectivity index (χ3n) is 9.37. The Labute approximate surface area is 374 Å². The number of amides is 1. The molecule has 6 aromatic rings. The van der Waals surface area contributed by atoms with Crippen molar-refractivity contribution in [1.82, 2.24) is 0 Å². The van der Waals surface area contributed by atoms with Crippen molar-refractivity contribution in [2.75, 3.05) is 36.5 Å². The van der Waals surface area contributed by atoms with Crippen LogP contribution in [0.3, 0.4) is 0 Å². The third kappa shape index (κ3) is 10.9. The first-order chi connectivity index (χ1) is 29.4. The Morgan fingerprint density at radius 1 is 0.694 bits per heavy atom. The number of benzene rings is 4. The number of nitro groups is 2. The van der Waals surface area contributed by atoms with E-state index in [0.29, 0.717) is 41.5 Å². The molecule has 0 fully saturated rings. The summed E-state index contributed by atoms with van der Waals surface area (Å²) in [5.41, 5.74) is 6.68. The number of fused-ring (bicyclic) bond motifs is 6. The van der Waals surface area contributed by atoms with Crippen molar-refractivity contribution in [1.29, 1.82) is 0 Å². The van der Waals surface area contributed by atoms with Gasteiger partial charge in [-0.3, -0.25) is 29.8 Å². The maximum Gasteiger partial charge on any atom is 0.348 e. The number of para-hydroxylation sites is 2. The topological polar surface area (TPSA) is 188 Å². The van der Waals surface area contributed by atoms with E-state index in [1.54, 1.807) is 11.8 Å². The van der Waals surface area contributed by atoms with Gasteiger partial charge in [-0.1, -0.05) is 36.4 Å². The van der Waals surface area contributed by atoms with Crippen molar-refractivity contribution >= 4 is 92.5 Å². The van der Waals surface area contributed by atoms with Crippen molar-refractivity contribution in [3.05, 3.63) is 161 Å². The number of nitrogens with one attached hydrogen (secondary N) is 1. The molecule has 0 atom stereocenters. The van der Waals surface area contributed by atoms with Crippen molar-refractivity contribution in [2.24, 2.45) is 0 Å². The lowest BCUT2D eigenvalue weighted by Gasteiger charge is -2.23. The predicted octanol–water partition coefficient (Wildman–Crippen LogP) is 10.7. The van der Waals surface area contributed by atoms with Gasteiger partial charge in [0.2, 0.25) is 0 Å². The number of nitrogens with zero attached hydrogens (tertiary/aromatic N) is 3. The highest BCUT2D eigenvalue weighted by molar-refractivity contribution is 7.18. The van der Waals surface area contributed by atoms with Gasteiger partial charge in [0.15, 0.2) is 0 Å². The molecule has 0 radical (unpaired) electrons. The van der Waals surface area contributed by atoms with Gasteiger partial charge in [-0.2, -0.15) is 0 Å². The Morgan fingerprint density at radius 3 is 1.71 bits per heavy atom. The molecule has 0 unspecified atom stereocenters. The van der Waals surface area contributed by atoms with Gasteiger partial charge in [-0.25, -0.2) is 9.59 Å². The molecule has 14 nitrogen and oxygen atoms in total. The second kappa shape index (κ2) is 21.4. The summed E-state index contributed by atoms with van der Waals surface area (Å²) < 4.78 is 10.2. The third-order valence-corrected chi connectivity index (χ3v) is 12.0. The predicted molar refractivity (Wildman–Crippen MR) is 243 cm³/mol. The van der Waals surface area contributed by atoms with E-state index in [1.165, 1.54) is 87.2 Å². The number of carbonyl (C=O) groups is 4. The first kappa shape index (κ1) is 46.6. The van der Waals surface area contributed by atoms with Crippen LogP contribution in [0.2, 0.25) is 0 Å². The second-order valence-electron chi connectivity index (χ2n) is 13.2. The van der Waals surface area contributed by atoms with Gasteiger partial charge in [0.1, 0.15) is 9.75 Å². The molecule has 62 heavy (non-hydrogen) atoms. The van der Waals surface area contributed by atoms with Crippen LogP contribution in [0.15, 0.2) is 109 Å². The normalized spacial score (nSPS) is 11.8. The molecule has 18 heteroatoms. The van der Waals surface area contributed by atoms with E-state index in [9.17, 15) is 39.4 Å². The van der Waals surface area contributed by atoms with Crippen LogP contribution in [-0.2, 0) is 22.3 Å². The zero-order valence-corrected chi connectivity index (χ0v) is 36.4. The summed E-state index contributed by atoms with van der Waals surface area (Å²) in [5.74, 6) is -0.781. The molecule has 8 rings (SSSR count). The molecule has 0 bridgehead atoms. The van der Waals surface area contributed by atoms with E-state index in [2.05, 4.69) is 17.4 Å². The van der Waals surface area contributed by atoms with Crippen molar-refractivity contribution < 1.29 is 38.5 Å². The van der Waals surface area contributed by atoms with E-state index >= 15 is 0 Å². The standard InChI is InChI=1S/C22H18N2O5S.C15H15NO2S.C7H4ClNO3.ClH/c1-2-29-22(26)19-13-15-11-12-23(18-6-4-3-5-17(18)20(15)30-19)21(25)14-7-9-16(10-8-14)24(27)28;1-2-18-15(17)13-9-10-7-8-16-12-6-4-3-5-11(12)14(10)19-13;8-7(10)5-1-3-6(4-2-5)9(11)12;/h3-10,13H,2,11-12H2,1H3;3-6,9,16H,2,7-8H2,1H3;1-4H;1H. The molecule has 1 N–H and O–H groups in total. The molecular weight excluding hydrogens is 880 g/mol. The summed E-state index contributed by atoms with van der Waals surface area (Å²) in [7, 11) is 0. The summed E-state index contributed by atoms with van der Waals surface area (Å²) in [6.07, 6.45) is 1.51. The molecule has 0 saturated carbocycles. The number of esters is 2. The minimum absolute atomic E-state index is 0. The molecule has 320 valence electrons. The quantitative estimate of drug-likeness (QED) is 0.0662. The van der Waals surface area contributed by atoms with Gasteiger partial charge < -0.3 is 19.7 Å².